The van der Waals surface area contributed by atoms with E-state index >= 15 is 0 Å². The molecule has 1 aliphatic rings. The SMILES string of the molecule is CCCCCCCCCCC1(C(=O)NCCO)CCO1.O=C([O-])CC(C(=O)[O-])S(=O)(=O)O.[Na+].[Na+]. The van der Waals surface area contributed by atoms with E-state index in [1.807, 2.05) is 0 Å². The average Bonchev–Trinajstić information content (AvgIpc) is 2.67. The number of hydrogen-bond donors (Lipinski definition) is 3. The molecule has 1 saturated heterocycles. The minimum absolute atomic E-state index is 0. The molecule has 0 aromatic carbocycles. The fraction of sp³-hybridized carbons (Fsp3) is 0.850. The Morgan fingerprint density at radius 3 is 1.85 bits per heavy atom. The molecule has 0 aromatic heterocycles. The minimum atomic E-state index is -4.94. The van der Waals surface area contributed by atoms with Gasteiger partial charge >= 0.3 is 59.1 Å². The maximum Gasteiger partial charge on any atom is 1.00 e. The van der Waals surface area contributed by atoms with E-state index in [1.54, 1.807) is 0 Å². The first-order valence-electron chi connectivity index (χ1n) is 10.9. The van der Waals surface area contributed by atoms with Crippen molar-refractivity contribution < 1.29 is 107 Å². The standard InChI is InChI=1S/C16H31NO3.C4H6O7S.2Na/c1-2-3-4-5-6-7-8-9-10-16(11-14-20-16)15(19)17-12-13-18;5-3(6)1-2(4(7)8)12(9,10)11;;/h18H,2-14H2,1H3,(H,17,19);2H,1H2,(H,5,6)(H,7,8)(H,9,10,11);;/q;;2*+1/p-2. The summed E-state index contributed by atoms with van der Waals surface area (Å²) in [4.78, 5) is 31.7. The molecule has 0 aromatic rings. The average molecular weight is 528 g/mol. The van der Waals surface area contributed by atoms with Crippen LogP contribution in [0.1, 0.15) is 77.6 Å². The number of carboxylic acids is 2. The van der Waals surface area contributed by atoms with E-state index in [9.17, 15) is 33.0 Å². The first-order chi connectivity index (χ1) is 15.0. The van der Waals surface area contributed by atoms with Gasteiger partial charge in [-0.15, -0.1) is 0 Å². The number of aliphatic carboxylic acids is 2. The van der Waals surface area contributed by atoms with E-state index in [4.69, 9.17) is 14.4 Å². The fourth-order valence-electron chi connectivity index (χ4n) is 3.17. The van der Waals surface area contributed by atoms with Crippen molar-refractivity contribution in [2.24, 2.45) is 0 Å². The van der Waals surface area contributed by atoms with Crippen LogP contribution < -0.4 is 74.6 Å². The number of aliphatic hydroxyl groups is 1. The normalized spacial score (nSPS) is 17.5. The van der Waals surface area contributed by atoms with Gasteiger partial charge in [-0.1, -0.05) is 58.3 Å². The summed E-state index contributed by atoms with van der Waals surface area (Å²) in [6.07, 6.45) is 10.5. The monoisotopic (exact) mass is 527 g/mol. The van der Waals surface area contributed by atoms with Gasteiger partial charge in [-0.05, 0) is 6.42 Å². The molecule has 11 nitrogen and oxygen atoms in total. The van der Waals surface area contributed by atoms with Crippen molar-refractivity contribution in [3.05, 3.63) is 0 Å². The summed E-state index contributed by atoms with van der Waals surface area (Å²) in [6, 6.07) is 0. The Hall–Kier alpha value is 0.240. The quantitative estimate of drug-likeness (QED) is 0.0986. The van der Waals surface area contributed by atoms with Crippen LogP contribution in [0, 0.1) is 0 Å². The third-order valence-corrected chi connectivity index (χ3v) is 6.18. The molecule has 0 radical (unpaired) electrons. The van der Waals surface area contributed by atoms with Crippen LogP contribution in [0.5, 0.6) is 0 Å². The summed E-state index contributed by atoms with van der Waals surface area (Å²) >= 11 is 0. The van der Waals surface area contributed by atoms with Crippen LogP contribution in [0.3, 0.4) is 0 Å². The summed E-state index contributed by atoms with van der Waals surface area (Å²) in [5, 5.41) is 28.7. The van der Waals surface area contributed by atoms with Gasteiger partial charge < -0.3 is 35.0 Å². The number of ether oxygens (including phenoxy) is 1. The molecule has 0 spiro atoms. The predicted molar refractivity (Wildman–Crippen MR) is 111 cm³/mol. The molecule has 188 valence electrons. The molecule has 0 aliphatic carbocycles. The van der Waals surface area contributed by atoms with Crippen LogP contribution in [-0.2, 0) is 29.2 Å². The van der Waals surface area contributed by atoms with Crippen LogP contribution in [0.2, 0.25) is 0 Å². The van der Waals surface area contributed by atoms with Gasteiger partial charge in [-0.2, -0.15) is 8.42 Å². The maximum atomic E-state index is 12.0. The number of hydrogen-bond acceptors (Lipinski definition) is 9. The zero-order valence-corrected chi connectivity index (χ0v) is 25.4. The number of carboxylic acid groups (broad SMARTS) is 2. The van der Waals surface area contributed by atoms with Gasteiger partial charge in [0.05, 0.1) is 19.2 Å². The second-order valence-electron chi connectivity index (χ2n) is 7.70. The Labute approximate surface area is 246 Å². The van der Waals surface area contributed by atoms with Gasteiger partial charge in [0.15, 0.2) is 0 Å². The topological polar surface area (TPSA) is 193 Å². The number of nitrogens with one attached hydrogen (secondary N) is 1. The number of unbranched alkanes of at least 4 members (excludes halogenated alkanes) is 7. The van der Waals surface area contributed by atoms with E-state index in [-0.39, 0.29) is 71.6 Å². The Morgan fingerprint density at radius 1 is 1.03 bits per heavy atom. The van der Waals surface area contributed by atoms with Crippen molar-refractivity contribution in [2.75, 3.05) is 19.8 Å². The van der Waals surface area contributed by atoms with Crippen molar-refractivity contribution in [1.82, 2.24) is 5.32 Å². The van der Waals surface area contributed by atoms with Gasteiger partial charge in [0.25, 0.3) is 16.0 Å². The van der Waals surface area contributed by atoms with Crippen LogP contribution in [0.25, 0.3) is 0 Å². The Kier molecular flexibility index (Phi) is 24.3. The summed E-state index contributed by atoms with van der Waals surface area (Å²) in [5.74, 6) is -4.12. The Morgan fingerprint density at radius 2 is 1.53 bits per heavy atom. The van der Waals surface area contributed by atoms with E-state index < -0.39 is 39.3 Å². The van der Waals surface area contributed by atoms with Gasteiger partial charge in [-0.25, -0.2) is 0 Å². The first-order valence-corrected chi connectivity index (χ1v) is 12.4. The number of amides is 1. The third kappa shape index (κ3) is 16.8. The summed E-state index contributed by atoms with van der Waals surface area (Å²) < 4.78 is 34.0. The van der Waals surface area contributed by atoms with Crippen molar-refractivity contribution in [1.29, 1.82) is 0 Å². The van der Waals surface area contributed by atoms with Crippen molar-refractivity contribution in [3.8, 4) is 0 Å². The fourth-order valence-corrected chi connectivity index (χ4v) is 3.76. The van der Waals surface area contributed by atoms with Gasteiger partial charge in [-0.3, -0.25) is 9.35 Å². The third-order valence-electron chi connectivity index (χ3n) is 5.10. The van der Waals surface area contributed by atoms with Gasteiger partial charge in [0, 0.05) is 25.4 Å². The molecule has 14 heteroatoms. The summed E-state index contributed by atoms with van der Waals surface area (Å²) in [6.45, 7) is 3.23. The minimum Gasteiger partial charge on any atom is -0.550 e. The molecule has 0 bridgehead atoms. The van der Waals surface area contributed by atoms with Crippen molar-refractivity contribution in [3.63, 3.8) is 0 Å². The van der Waals surface area contributed by atoms with Crippen molar-refractivity contribution in [2.45, 2.75) is 88.4 Å². The zero-order chi connectivity index (χ0) is 24.6. The second kappa shape index (κ2) is 21.3. The molecule has 1 heterocycles. The summed E-state index contributed by atoms with van der Waals surface area (Å²) in [5.41, 5.74) is -0.586. The molecule has 1 fully saturated rings. The molecule has 34 heavy (non-hydrogen) atoms. The van der Waals surface area contributed by atoms with Gasteiger partial charge in [0.2, 0.25) is 0 Å². The van der Waals surface area contributed by atoms with E-state index in [2.05, 4.69) is 12.2 Å². The maximum absolute atomic E-state index is 12.0. The molecule has 1 amide bonds. The molecule has 3 N–H and O–H groups in total. The molecular formula is C20H35NNa2O10S. The van der Waals surface area contributed by atoms with E-state index in [0.717, 1.165) is 19.3 Å². The van der Waals surface area contributed by atoms with Crippen LogP contribution >= 0.6 is 0 Å². The van der Waals surface area contributed by atoms with E-state index in [1.165, 1.54) is 44.9 Å². The zero-order valence-electron chi connectivity index (χ0n) is 20.5. The largest absolute Gasteiger partial charge is 1.00 e. The number of carbonyl (C=O) groups is 3. The Balaban J connectivity index is -0.000000598. The number of aliphatic hydroxyl groups excluding tert-OH is 1. The van der Waals surface area contributed by atoms with Crippen LogP contribution in [0.15, 0.2) is 0 Å². The number of carbonyl (C=O) groups excluding carboxylic acids is 3. The predicted octanol–water partition coefficient (Wildman–Crippen LogP) is -7.07. The smallest absolute Gasteiger partial charge is 0.550 e. The molecule has 1 rings (SSSR count). The van der Waals surface area contributed by atoms with Gasteiger partial charge in [0.1, 0.15) is 10.9 Å². The van der Waals surface area contributed by atoms with E-state index in [0.29, 0.717) is 13.2 Å². The van der Waals surface area contributed by atoms with Crippen LogP contribution in [-0.4, -0.2) is 66.5 Å². The molecule has 2 atom stereocenters. The number of rotatable bonds is 16. The second-order valence-corrected chi connectivity index (χ2v) is 9.29. The van der Waals surface area contributed by atoms with Crippen molar-refractivity contribution >= 4 is 28.0 Å². The molecule has 2 unspecified atom stereocenters. The molecule has 0 saturated carbocycles. The molecule has 1 aliphatic heterocycles. The van der Waals surface area contributed by atoms with Crippen LogP contribution in [0.4, 0.5) is 0 Å². The first kappa shape index (κ1) is 38.8. The molecular weight excluding hydrogens is 492 g/mol. The summed E-state index contributed by atoms with van der Waals surface area (Å²) in [7, 11) is -4.94. The Bertz CT molecular complexity index is 687.